The highest BCUT2D eigenvalue weighted by Crippen LogP contribution is 2.38. The molecule has 37 heavy (non-hydrogen) atoms. The minimum absolute atomic E-state index is 0.0449. The number of methoxy groups -OCH3 is 1. The van der Waals surface area contributed by atoms with Crippen molar-refractivity contribution in [1.29, 1.82) is 0 Å². The van der Waals surface area contributed by atoms with Crippen molar-refractivity contribution in [2.75, 3.05) is 30.4 Å². The number of nitrogens with zero attached hydrogens (tertiary/aromatic N) is 2. The van der Waals surface area contributed by atoms with E-state index in [1.54, 1.807) is 19.3 Å². The number of rotatable bonds is 7. The predicted octanol–water partition coefficient (Wildman–Crippen LogP) is 6.56. The summed E-state index contributed by atoms with van der Waals surface area (Å²) in [6, 6.07) is 17.2. The largest absolute Gasteiger partial charge is 0.496 e. The number of hydrogen-bond acceptors (Lipinski definition) is 5. The van der Waals surface area contributed by atoms with Crippen LogP contribution in [0.15, 0.2) is 60.7 Å². The number of hydrogen-bond donors (Lipinski definition) is 1. The van der Waals surface area contributed by atoms with Gasteiger partial charge in [-0.2, -0.15) is 0 Å². The molecule has 1 saturated heterocycles. The first kappa shape index (κ1) is 25.9. The molecule has 192 valence electrons. The molecular weight excluding hydrogens is 466 g/mol. The average molecular weight is 500 g/mol. The fraction of sp³-hybridized carbons (Fsp3) is 0.300. The van der Waals surface area contributed by atoms with Crippen LogP contribution < -0.4 is 15.0 Å². The molecule has 4 rings (SSSR count). The molecule has 0 bridgehead atoms. The van der Waals surface area contributed by atoms with Crippen LogP contribution in [0.3, 0.4) is 0 Å². The molecule has 1 aliphatic heterocycles. The van der Waals surface area contributed by atoms with Crippen molar-refractivity contribution in [1.82, 2.24) is 0 Å². The Balaban J connectivity index is 1.46. The average Bonchev–Trinajstić information content (AvgIpc) is 2.89. The van der Waals surface area contributed by atoms with Crippen molar-refractivity contribution < 1.29 is 14.5 Å². The standard InChI is InChI=1S/C30H33N3O4/c1-20-17-21(2)30(22(3)18-20)31-29(34)12-10-23-9-11-26(27(19-23)33(35)36)32-15-13-24(14-16-32)25-7-5-6-8-28(25)37-4/h5-12,17-19,24H,13-16H2,1-4H3,(H,31,34)/b12-10-. The third-order valence-corrected chi connectivity index (χ3v) is 6.96. The highest BCUT2D eigenvalue weighted by molar-refractivity contribution is 6.03. The van der Waals surface area contributed by atoms with Crippen LogP contribution in [-0.4, -0.2) is 31.0 Å². The second kappa shape index (κ2) is 11.3. The molecule has 0 aliphatic carbocycles. The second-order valence-electron chi connectivity index (χ2n) is 9.60. The SMILES string of the molecule is COc1ccccc1C1CCN(c2ccc(/C=C\C(=O)Nc3c(C)cc(C)cc3C)cc2[N+](=O)[O-])CC1. The molecule has 3 aromatic rings. The van der Waals surface area contributed by atoms with Crippen LogP contribution in [0.5, 0.6) is 5.75 Å². The number of nitrogens with one attached hydrogen (secondary N) is 1. The number of anilines is 2. The van der Waals surface area contributed by atoms with Gasteiger partial charge in [-0.15, -0.1) is 0 Å². The van der Waals surface area contributed by atoms with Gasteiger partial charge in [-0.1, -0.05) is 42.0 Å². The van der Waals surface area contributed by atoms with Crippen LogP contribution >= 0.6 is 0 Å². The zero-order chi connectivity index (χ0) is 26.5. The quantitative estimate of drug-likeness (QED) is 0.226. The fourth-order valence-corrected chi connectivity index (χ4v) is 5.21. The molecule has 7 heteroatoms. The molecule has 7 nitrogen and oxygen atoms in total. The molecule has 0 aromatic heterocycles. The van der Waals surface area contributed by atoms with E-state index in [1.807, 2.05) is 57.2 Å². The number of nitro groups is 1. The highest BCUT2D eigenvalue weighted by Gasteiger charge is 2.27. The maximum absolute atomic E-state index is 12.6. The third-order valence-electron chi connectivity index (χ3n) is 6.96. The molecule has 0 spiro atoms. The lowest BCUT2D eigenvalue weighted by Crippen LogP contribution is -2.33. The predicted molar refractivity (Wildman–Crippen MR) is 149 cm³/mol. The number of amides is 1. The fourth-order valence-electron chi connectivity index (χ4n) is 5.21. The van der Waals surface area contributed by atoms with E-state index in [1.165, 1.54) is 17.7 Å². The Morgan fingerprint density at radius 2 is 1.73 bits per heavy atom. The van der Waals surface area contributed by atoms with Gasteiger partial charge < -0.3 is 15.0 Å². The summed E-state index contributed by atoms with van der Waals surface area (Å²) in [4.78, 5) is 26.2. The Labute approximate surface area is 217 Å². The zero-order valence-electron chi connectivity index (χ0n) is 21.8. The molecular formula is C30H33N3O4. The lowest BCUT2D eigenvalue weighted by molar-refractivity contribution is -0.384. The van der Waals surface area contributed by atoms with Crippen molar-refractivity contribution in [2.45, 2.75) is 39.5 Å². The molecule has 3 aromatic carbocycles. The Morgan fingerprint density at radius 1 is 1.05 bits per heavy atom. The molecule has 0 radical (unpaired) electrons. The van der Waals surface area contributed by atoms with E-state index in [0.717, 1.165) is 54.1 Å². The third kappa shape index (κ3) is 6.00. The summed E-state index contributed by atoms with van der Waals surface area (Å²) < 4.78 is 5.53. The van der Waals surface area contributed by atoms with Gasteiger partial charge in [0.1, 0.15) is 11.4 Å². The number of carbonyl (C=O) groups is 1. The van der Waals surface area contributed by atoms with Crippen LogP contribution in [0.1, 0.15) is 46.6 Å². The van der Waals surface area contributed by atoms with E-state index in [9.17, 15) is 14.9 Å². The molecule has 1 N–H and O–H groups in total. The van der Waals surface area contributed by atoms with Crippen molar-refractivity contribution in [2.24, 2.45) is 0 Å². The van der Waals surface area contributed by atoms with Crippen LogP contribution in [0.2, 0.25) is 0 Å². The van der Waals surface area contributed by atoms with E-state index < -0.39 is 0 Å². The number of nitro benzene ring substituents is 1. The topological polar surface area (TPSA) is 84.7 Å². The molecule has 0 atom stereocenters. The van der Waals surface area contributed by atoms with Crippen molar-refractivity contribution in [3.63, 3.8) is 0 Å². The summed E-state index contributed by atoms with van der Waals surface area (Å²) in [7, 11) is 1.68. The van der Waals surface area contributed by atoms with Crippen molar-refractivity contribution >= 4 is 29.0 Å². The number of benzene rings is 3. The van der Waals surface area contributed by atoms with Gasteiger partial charge in [0.15, 0.2) is 0 Å². The lowest BCUT2D eigenvalue weighted by Gasteiger charge is -2.34. The number of carbonyl (C=O) groups excluding carboxylic acids is 1. The number of para-hydroxylation sites is 1. The van der Waals surface area contributed by atoms with Crippen LogP contribution in [0.25, 0.3) is 6.08 Å². The summed E-state index contributed by atoms with van der Waals surface area (Å²) in [6.07, 6.45) is 4.80. The minimum atomic E-state index is -0.349. The lowest BCUT2D eigenvalue weighted by atomic mass is 9.88. The minimum Gasteiger partial charge on any atom is -0.496 e. The van der Waals surface area contributed by atoms with Gasteiger partial charge in [0.05, 0.1) is 12.0 Å². The first-order chi connectivity index (χ1) is 17.8. The maximum Gasteiger partial charge on any atom is 0.293 e. The summed E-state index contributed by atoms with van der Waals surface area (Å²) in [5.74, 6) is 0.966. The normalized spacial score (nSPS) is 14.1. The van der Waals surface area contributed by atoms with Crippen molar-refractivity contribution in [3.05, 3.63) is 98.6 Å². The van der Waals surface area contributed by atoms with Gasteiger partial charge in [-0.3, -0.25) is 14.9 Å². The highest BCUT2D eigenvalue weighted by atomic mass is 16.6. The maximum atomic E-state index is 12.6. The van der Waals surface area contributed by atoms with Gasteiger partial charge in [0, 0.05) is 30.9 Å². The number of piperidine rings is 1. The molecule has 1 heterocycles. The molecule has 1 aliphatic rings. The first-order valence-corrected chi connectivity index (χ1v) is 12.5. The van der Waals surface area contributed by atoms with E-state index in [4.69, 9.17) is 4.74 Å². The van der Waals surface area contributed by atoms with Crippen LogP contribution in [-0.2, 0) is 4.79 Å². The van der Waals surface area contributed by atoms with Gasteiger partial charge in [-0.25, -0.2) is 0 Å². The molecule has 0 saturated carbocycles. The summed E-state index contributed by atoms with van der Waals surface area (Å²) in [5, 5.41) is 14.9. The van der Waals surface area contributed by atoms with E-state index in [-0.39, 0.29) is 16.5 Å². The Morgan fingerprint density at radius 3 is 2.38 bits per heavy atom. The zero-order valence-corrected chi connectivity index (χ0v) is 21.8. The Kier molecular flexibility index (Phi) is 7.92. The van der Waals surface area contributed by atoms with E-state index >= 15 is 0 Å². The number of aryl methyl sites for hydroxylation is 3. The summed E-state index contributed by atoms with van der Waals surface area (Å²) in [6.45, 7) is 7.37. The second-order valence-corrected chi connectivity index (χ2v) is 9.60. The molecule has 0 unspecified atom stereocenters. The summed E-state index contributed by atoms with van der Waals surface area (Å²) >= 11 is 0. The Bertz CT molecular complexity index is 1320. The van der Waals surface area contributed by atoms with Gasteiger partial charge in [-0.05, 0) is 80.0 Å². The van der Waals surface area contributed by atoms with Crippen LogP contribution in [0, 0.1) is 30.9 Å². The van der Waals surface area contributed by atoms with Gasteiger partial charge in [0.2, 0.25) is 5.91 Å². The van der Waals surface area contributed by atoms with E-state index in [0.29, 0.717) is 17.2 Å². The monoisotopic (exact) mass is 499 g/mol. The smallest absolute Gasteiger partial charge is 0.293 e. The number of ether oxygens (including phenoxy) is 1. The van der Waals surface area contributed by atoms with Gasteiger partial charge >= 0.3 is 0 Å². The Hall–Kier alpha value is -4.13. The molecule has 1 amide bonds. The van der Waals surface area contributed by atoms with Crippen LogP contribution in [0.4, 0.5) is 17.1 Å². The summed E-state index contributed by atoms with van der Waals surface area (Å²) in [5.41, 5.74) is 6.36. The van der Waals surface area contributed by atoms with E-state index in [2.05, 4.69) is 16.3 Å². The van der Waals surface area contributed by atoms with Gasteiger partial charge in [0.25, 0.3) is 5.69 Å². The van der Waals surface area contributed by atoms with Crippen molar-refractivity contribution in [3.8, 4) is 5.75 Å². The first-order valence-electron chi connectivity index (χ1n) is 12.5. The molecule has 1 fully saturated rings.